The third kappa shape index (κ3) is 4.12. The molecule has 0 fully saturated rings. The predicted octanol–water partition coefficient (Wildman–Crippen LogP) is 2.59. The standard InChI is InChI=1S/C20H24N2O3/c1-25-19-9-5-8-16-17(19)10-11-18(16)22-20(24)21-15(13-23)12-14-6-3-2-4-7-14/h2-9,15,18,23H,10-13H2,1H3,(H2,21,22,24). The first-order valence-electron chi connectivity index (χ1n) is 8.59. The van der Waals surface area contributed by atoms with Crippen LogP contribution in [0.1, 0.15) is 29.2 Å². The fraction of sp³-hybridized carbons (Fsp3) is 0.350. The Kier molecular flexibility index (Phi) is 5.56. The molecule has 5 nitrogen and oxygen atoms in total. The second-order valence-corrected chi connectivity index (χ2v) is 6.31. The molecule has 0 spiro atoms. The Morgan fingerprint density at radius 3 is 2.76 bits per heavy atom. The molecule has 2 amide bonds. The quantitative estimate of drug-likeness (QED) is 0.757. The second-order valence-electron chi connectivity index (χ2n) is 6.31. The van der Waals surface area contributed by atoms with Crippen LogP contribution in [0.5, 0.6) is 5.75 Å². The van der Waals surface area contributed by atoms with Gasteiger partial charge >= 0.3 is 6.03 Å². The lowest BCUT2D eigenvalue weighted by atomic mass is 10.1. The molecule has 0 aromatic heterocycles. The molecule has 0 saturated heterocycles. The number of amides is 2. The minimum atomic E-state index is -0.311. The molecule has 0 bridgehead atoms. The number of rotatable bonds is 6. The van der Waals surface area contributed by atoms with E-state index in [0.717, 1.165) is 29.7 Å². The van der Waals surface area contributed by atoms with Gasteiger partial charge in [0.25, 0.3) is 0 Å². The molecule has 0 radical (unpaired) electrons. The minimum Gasteiger partial charge on any atom is -0.496 e. The van der Waals surface area contributed by atoms with Crippen LogP contribution >= 0.6 is 0 Å². The largest absolute Gasteiger partial charge is 0.496 e. The molecule has 132 valence electrons. The zero-order valence-electron chi connectivity index (χ0n) is 14.4. The maximum atomic E-state index is 12.4. The van der Waals surface area contributed by atoms with Gasteiger partial charge in [-0.2, -0.15) is 0 Å². The Hall–Kier alpha value is -2.53. The lowest BCUT2D eigenvalue weighted by Gasteiger charge is -2.20. The number of hydrogen-bond acceptors (Lipinski definition) is 3. The van der Waals surface area contributed by atoms with Gasteiger partial charge in [-0.15, -0.1) is 0 Å². The summed E-state index contributed by atoms with van der Waals surface area (Å²) in [6.07, 6.45) is 2.34. The number of nitrogens with one attached hydrogen (secondary N) is 2. The SMILES string of the molecule is COc1cccc2c1CCC2NC(=O)NC(CO)Cc1ccccc1. The molecule has 3 rings (SSSR count). The summed E-state index contributed by atoms with van der Waals surface area (Å²) >= 11 is 0. The number of fused-ring (bicyclic) bond motifs is 1. The summed E-state index contributed by atoms with van der Waals surface area (Å²) in [5.74, 6) is 0.875. The van der Waals surface area contributed by atoms with Crippen molar-refractivity contribution < 1.29 is 14.6 Å². The van der Waals surface area contributed by atoms with Crippen molar-refractivity contribution >= 4 is 6.03 Å². The van der Waals surface area contributed by atoms with E-state index in [1.54, 1.807) is 7.11 Å². The Morgan fingerprint density at radius 2 is 2.04 bits per heavy atom. The summed E-state index contributed by atoms with van der Waals surface area (Å²) in [6, 6.07) is 15.2. The second kappa shape index (κ2) is 8.03. The third-order valence-corrected chi connectivity index (χ3v) is 4.63. The molecular formula is C20H24N2O3. The van der Waals surface area contributed by atoms with Crippen LogP contribution in [0.4, 0.5) is 4.79 Å². The van der Waals surface area contributed by atoms with Gasteiger partial charge in [0, 0.05) is 0 Å². The van der Waals surface area contributed by atoms with E-state index in [1.807, 2.05) is 48.5 Å². The van der Waals surface area contributed by atoms with E-state index >= 15 is 0 Å². The monoisotopic (exact) mass is 340 g/mol. The number of benzene rings is 2. The summed E-state index contributed by atoms with van der Waals surface area (Å²) in [4.78, 5) is 12.4. The number of aliphatic hydroxyl groups is 1. The van der Waals surface area contributed by atoms with E-state index in [9.17, 15) is 9.90 Å². The first-order chi connectivity index (χ1) is 12.2. The summed E-state index contributed by atoms with van der Waals surface area (Å²) in [7, 11) is 1.67. The summed E-state index contributed by atoms with van der Waals surface area (Å²) in [5.41, 5.74) is 3.36. The van der Waals surface area contributed by atoms with E-state index in [0.29, 0.717) is 6.42 Å². The average Bonchev–Trinajstić information content (AvgIpc) is 3.05. The van der Waals surface area contributed by atoms with E-state index in [2.05, 4.69) is 10.6 Å². The Labute approximate surface area is 148 Å². The van der Waals surface area contributed by atoms with Crippen molar-refractivity contribution in [3.63, 3.8) is 0 Å². The van der Waals surface area contributed by atoms with Crippen LogP contribution < -0.4 is 15.4 Å². The van der Waals surface area contributed by atoms with Crippen LogP contribution in [0, 0.1) is 0 Å². The molecule has 2 unspecified atom stereocenters. The average molecular weight is 340 g/mol. The maximum absolute atomic E-state index is 12.4. The van der Waals surface area contributed by atoms with Gasteiger partial charge in [-0.05, 0) is 42.0 Å². The van der Waals surface area contributed by atoms with Crippen LogP contribution in [0.2, 0.25) is 0 Å². The normalized spacial score (nSPS) is 16.8. The van der Waals surface area contributed by atoms with Crippen LogP contribution in [-0.2, 0) is 12.8 Å². The molecule has 0 aliphatic heterocycles. The molecule has 0 heterocycles. The Balaban J connectivity index is 1.60. The van der Waals surface area contributed by atoms with E-state index < -0.39 is 0 Å². The Morgan fingerprint density at radius 1 is 1.24 bits per heavy atom. The van der Waals surface area contributed by atoms with Crippen molar-refractivity contribution in [2.75, 3.05) is 13.7 Å². The molecule has 5 heteroatoms. The minimum absolute atomic E-state index is 0.0267. The van der Waals surface area contributed by atoms with Gasteiger partial charge in [-0.25, -0.2) is 4.79 Å². The lowest BCUT2D eigenvalue weighted by Crippen LogP contribution is -2.45. The molecule has 0 saturated carbocycles. The van der Waals surface area contributed by atoms with E-state index in [1.165, 1.54) is 5.56 Å². The fourth-order valence-electron chi connectivity index (χ4n) is 3.41. The fourth-order valence-corrected chi connectivity index (χ4v) is 3.41. The Bertz CT molecular complexity index is 718. The molecule has 2 atom stereocenters. The zero-order chi connectivity index (χ0) is 17.6. The van der Waals surface area contributed by atoms with Gasteiger partial charge in [0.2, 0.25) is 0 Å². The van der Waals surface area contributed by atoms with Crippen molar-refractivity contribution in [2.24, 2.45) is 0 Å². The smallest absolute Gasteiger partial charge is 0.315 e. The number of carbonyl (C=O) groups is 1. The van der Waals surface area contributed by atoms with Gasteiger partial charge < -0.3 is 20.5 Å². The van der Waals surface area contributed by atoms with Gasteiger partial charge in [0.1, 0.15) is 5.75 Å². The van der Waals surface area contributed by atoms with Gasteiger partial charge in [0.15, 0.2) is 0 Å². The van der Waals surface area contributed by atoms with Crippen molar-refractivity contribution in [2.45, 2.75) is 31.3 Å². The topological polar surface area (TPSA) is 70.6 Å². The number of methoxy groups -OCH3 is 1. The maximum Gasteiger partial charge on any atom is 0.315 e. The first-order valence-corrected chi connectivity index (χ1v) is 8.59. The van der Waals surface area contributed by atoms with Crippen molar-refractivity contribution in [3.05, 3.63) is 65.2 Å². The van der Waals surface area contributed by atoms with Gasteiger partial charge in [-0.1, -0.05) is 42.5 Å². The predicted molar refractivity (Wildman–Crippen MR) is 96.7 cm³/mol. The van der Waals surface area contributed by atoms with E-state index in [-0.39, 0.29) is 24.7 Å². The number of hydrogen-bond donors (Lipinski definition) is 3. The lowest BCUT2D eigenvalue weighted by molar-refractivity contribution is 0.213. The summed E-state index contributed by atoms with van der Waals surface area (Å²) < 4.78 is 5.40. The molecule has 1 aliphatic carbocycles. The van der Waals surface area contributed by atoms with E-state index in [4.69, 9.17) is 4.74 Å². The van der Waals surface area contributed by atoms with Crippen LogP contribution in [0.25, 0.3) is 0 Å². The zero-order valence-corrected chi connectivity index (χ0v) is 14.4. The summed E-state index contributed by atoms with van der Waals surface area (Å²) in [6.45, 7) is -0.0998. The molecule has 2 aromatic rings. The number of aliphatic hydroxyl groups excluding tert-OH is 1. The van der Waals surface area contributed by atoms with Crippen LogP contribution in [0.15, 0.2) is 48.5 Å². The highest BCUT2D eigenvalue weighted by atomic mass is 16.5. The van der Waals surface area contributed by atoms with Gasteiger partial charge in [-0.3, -0.25) is 0 Å². The number of ether oxygens (including phenoxy) is 1. The van der Waals surface area contributed by atoms with Gasteiger partial charge in [0.05, 0.1) is 25.8 Å². The highest BCUT2D eigenvalue weighted by Crippen LogP contribution is 2.36. The molecule has 2 aromatic carbocycles. The van der Waals surface area contributed by atoms with Crippen molar-refractivity contribution in [1.82, 2.24) is 10.6 Å². The number of carbonyl (C=O) groups excluding carboxylic acids is 1. The molecule has 1 aliphatic rings. The van der Waals surface area contributed by atoms with Crippen molar-refractivity contribution in [1.29, 1.82) is 0 Å². The highest BCUT2D eigenvalue weighted by Gasteiger charge is 2.26. The highest BCUT2D eigenvalue weighted by molar-refractivity contribution is 5.75. The molecule has 3 N–H and O–H groups in total. The van der Waals surface area contributed by atoms with Crippen molar-refractivity contribution in [3.8, 4) is 5.75 Å². The molecule has 25 heavy (non-hydrogen) atoms. The first kappa shape index (κ1) is 17.3. The molecular weight excluding hydrogens is 316 g/mol. The van der Waals surface area contributed by atoms with Crippen LogP contribution in [-0.4, -0.2) is 30.9 Å². The third-order valence-electron chi connectivity index (χ3n) is 4.63. The van der Waals surface area contributed by atoms with Crippen LogP contribution in [0.3, 0.4) is 0 Å². The summed E-state index contributed by atoms with van der Waals surface area (Å²) in [5, 5.41) is 15.5. The number of urea groups is 1.